The first-order chi connectivity index (χ1) is 11.7. The van der Waals surface area contributed by atoms with Crippen molar-refractivity contribution in [2.75, 3.05) is 51.3 Å². The van der Waals surface area contributed by atoms with E-state index in [1.54, 1.807) is 18.3 Å². The number of morpholine rings is 1. The summed E-state index contributed by atoms with van der Waals surface area (Å²) in [6, 6.07) is 5.33. The smallest absolute Gasteiger partial charge is 0.281 e. The van der Waals surface area contributed by atoms with Gasteiger partial charge in [0.2, 0.25) is 5.91 Å². The minimum absolute atomic E-state index is 0.0406. The summed E-state index contributed by atoms with van der Waals surface area (Å²) in [7, 11) is 0. The van der Waals surface area contributed by atoms with Crippen LogP contribution >= 0.6 is 0 Å². The molecule has 2 N–H and O–H groups in total. The van der Waals surface area contributed by atoms with E-state index in [-0.39, 0.29) is 18.0 Å². The molecule has 1 saturated heterocycles. The van der Waals surface area contributed by atoms with Crippen molar-refractivity contribution in [3.63, 3.8) is 0 Å². The third-order valence-corrected chi connectivity index (χ3v) is 3.91. The zero-order chi connectivity index (χ0) is 16.8. The lowest BCUT2D eigenvalue weighted by atomic mass is 10.4. The van der Waals surface area contributed by atoms with Gasteiger partial charge in [-0.25, -0.2) is 4.98 Å². The maximum absolute atomic E-state index is 12.3. The molecule has 1 aliphatic rings. The molecule has 2 aromatic heterocycles. The normalized spacial score (nSPS) is 15.3. The Kier molecular flexibility index (Phi) is 5.39. The standard InChI is InChI=1S/C16H21N5O3/c22-15(17-4-6-20-7-9-24-10-8-20)12-18-13-11-19-14-3-1-2-5-21(14)16(13)23/h1-3,5,11,18H,4,6-10,12H2,(H,17,22). The maximum Gasteiger partial charge on any atom is 0.281 e. The Balaban J connectivity index is 1.47. The number of hydrogen-bond donors (Lipinski definition) is 2. The van der Waals surface area contributed by atoms with Crippen LogP contribution in [-0.2, 0) is 9.53 Å². The highest BCUT2D eigenvalue weighted by Crippen LogP contribution is 2.01. The van der Waals surface area contributed by atoms with Crippen molar-refractivity contribution < 1.29 is 9.53 Å². The number of anilines is 1. The number of carbonyl (C=O) groups excluding carboxylic acids is 1. The number of fused-ring (bicyclic) bond motifs is 1. The number of ether oxygens (including phenoxy) is 1. The molecule has 24 heavy (non-hydrogen) atoms. The van der Waals surface area contributed by atoms with Gasteiger partial charge in [0.1, 0.15) is 11.3 Å². The Morgan fingerprint density at radius 3 is 2.96 bits per heavy atom. The summed E-state index contributed by atoms with van der Waals surface area (Å²) in [4.78, 5) is 30.6. The largest absolute Gasteiger partial charge is 0.379 e. The predicted molar refractivity (Wildman–Crippen MR) is 90.2 cm³/mol. The van der Waals surface area contributed by atoms with E-state index in [0.717, 1.165) is 32.8 Å². The summed E-state index contributed by atoms with van der Waals surface area (Å²) in [5, 5.41) is 5.70. The van der Waals surface area contributed by atoms with Gasteiger partial charge in [-0.3, -0.25) is 18.9 Å². The van der Waals surface area contributed by atoms with Gasteiger partial charge >= 0.3 is 0 Å². The van der Waals surface area contributed by atoms with E-state index in [2.05, 4.69) is 20.5 Å². The van der Waals surface area contributed by atoms with E-state index < -0.39 is 0 Å². The fraction of sp³-hybridized carbons (Fsp3) is 0.438. The molecule has 0 bridgehead atoms. The van der Waals surface area contributed by atoms with Gasteiger partial charge in [0.15, 0.2) is 0 Å². The fourth-order valence-corrected chi connectivity index (χ4v) is 2.56. The lowest BCUT2D eigenvalue weighted by molar-refractivity contribution is -0.119. The van der Waals surface area contributed by atoms with Crippen LogP contribution in [0.2, 0.25) is 0 Å². The number of carbonyl (C=O) groups is 1. The van der Waals surface area contributed by atoms with Crippen LogP contribution in [0.5, 0.6) is 0 Å². The van der Waals surface area contributed by atoms with Gasteiger partial charge in [0, 0.05) is 32.4 Å². The maximum atomic E-state index is 12.3. The molecule has 8 heteroatoms. The number of aromatic nitrogens is 2. The topological polar surface area (TPSA) is 88.0 Å². The molecule has 1 aliphatic heterocycles. The highest BCUT2D eigenvalue weighted by Gasteiger charge is 2.10. The van der Waals surface area contributed by atoms with E-state index >= 15 is 0 Å². The minimum Gasteiger partial charge on any atom is -0.379 e. The number of rotatable bonds is 6. The molecule has 0 atom stereocenters. The van der Waals surface area contributed by atoms with Gasteiger partial charge in [0.25, 0.3) is 5.56 Å². The van der Waals surface area contributed by atoms with Crippen LogP contribution in [0, 0.1) is 0 Å². The van der Waals surface area contributed by atoms with Crippen molar-refractivity contribution >= 4 is 17.2 Å². The first-order valence-electron chi connectivity index (χ1n) is 8.01. The molecule has 1 amide bonds. The van der Waals surface area contributed by atoms with Crippen LogP contribution < -0.4 is 16.2 Å². The zero-order valence-corrected chi connectivity index (χ0v) is 13.4. The molecule has 3 heterocycles. The van der Waals surface area contributed by atoms with Gasteiger partial charge < -0.3 is 15.4 Å². The van der Waals surface area contributed by atoms with E-state index in [9.17, 15) is 9.59 Å². The number of hydrogen-bond acceptors (Lipinski definition) is 6. The average Bonchev–Trinajstić information content (AvgIpc) is 2.62. The highest BCUT2D eigenvalue weighted by molar-refractivity contribution is 5.80. The van der Waals surface area contributed by atoms with Crippen molar-refractivity contribution in [1.82, 2.24) is 19.6 Å². The number of nitrogens with zero attached hydrogens (tertiary/aromatic N) is 3. The molecule has 3 rings (SSSR count). The van der Waals surface area contributed by atoms with Crippen molar-refractivity contribution in [3.05, 3.63) is 40.9 Å². The zero-order valence-electron chi connectivity index (χ0n) is 13.4. The minimum atomic E-state index is -0.221. The van der Waals surface area contributed by atoms with Gasteiger partial charge in [-0.15, -0.1) is 0 Å². The van der Waals surface area contributed by atoms with Crippen molar-refractivity contribution in [2.45, 2.75) is 0 Å². The third-order valence-electron chi connectivity index (χ3n) is 3.91. The van der Waals surface area contributed by atoms with Crippen molar-refractivity contribution in [2.24, 2.45) is 0 Å². The van der Waals surface area contributed by atoms with Crippen LogP contribution in [0.25, 0.3) is 5.65 Å². The lowest BCUT2D eigenvalue weighted by Gasteiger charge is -2.26. The second-order valence-corrected chi connectivity index (χ2v) is 5.56. The number of amides is 1. The number of pyridine rings is 1. The average molecular weight is 331 g/mol. The third kappa shape index (κ3) is 4.09. The Morgan fingerprint density at radius 2 is 2.12 bits per heavy atom. The molecule has 1 fully saturated rings. The molecule has 0 aliphatic carbocycles. The quantitative estimate of drug-likeness (QED) is 0.746. The number of nitrogens with one attached hydrogen (secondary N) is 2. The first kappa shape index (κ1) is 16.4. The van der Waals surface area contributed by atoms with Gasteiger partial charge in [-0.1, -0.05) is 6.07 Å². The molecule has 128 valence electrons. The lowest BCUT2D eigenvalue weighted by Crippen LogP contribution is -2.42. The van der Waals surface area contributed by atoms with Crippen LogP contribution in [0.15, 0.2) is 35.4 Å². The summed E-state index contributed by atoms with van der Waals surface area (Å²) in [5.74, 6) is -0.152. The van der Waals surface area contributed by atoms with Gasteiger partial charge in [0.05, 0.1) is 26.0 Å². The Labute approximate surface area is 139 Å². The first-order valence-corrected chi connectivity index (χ1v) is 8.01. The second kappa shape index (κ2) is 7.89. The van der Waals surface area contributed by atoms with E-state index in [4.69, 9.17) is 4.74 Å². The van der Waals surface area contributed by atoms with Crippen molar-refractivity contribution in [1.29, 1.82) is 0 Å². The fourth-order valence-electron chi connectivity index (χ4n) is 2.56. The summed E-state index contributed by atoms with van der Waals surface area (Å²) >= 11 is 0. The summed E-state index contributed by atoms with van der Waals surface area (Å²) < 4.78 is 6.72. The van der Waals surface area contributed by atoms with E-state index in [0.29, 0.717) is 17.9 Å². The molecule has 0 aromatic carbocycles. The van der Waals surface area contributed by atoms with Crippen molar-refractivity contribution in [3.8, 4) is 0 Å². The van der Waals surface area contributed by atoms with Gasteiger partial charge in [-0.05, 0) is 12.1 Å². The van der Waals surface area contributed by atoms with Crippen LogP contribution in [0.1, 0.15) is 0 Å². The Bertz CT molecular complexity index is 755. The Morgan fingerprint density at radius 1 is 1.29 bits per heavy atom. The summed E-state index contributed by atoms with van der Waals surface area (Å²) in [6.07, 6.45) is 3.11. The Hall–Kier alpha value is -2.45. The summed E-state index contributed by atoms with van der Waals surface area (Å²) in [6.45, 7) is 4.70. The van der Waals surface area contributed by atoms with Gasteiger partial charge in [-0.2, -0.15) is 0 Å². The molecular weight excluding hydrogens is 310 g/mol. The van der Waals surface area contributed by atoms with Crippen LogP contribution in [-0.4, -0.2) is 66.1 Å². The van der Waals surface area contributed by atoms with Crippen LogP contribution in [0.3, 0.4) is 0 Å². The second-order valence-electron chi connectivity index (χ2n) is 5.56. The molecule has 0 saturated carbocycles. The van der Waals surface area contributed by atoms with E-state index in [1.807, 2.05) is 6.07 Å². The molecule has 0 unspecified atom stereocenters. The van der Waals surface area contributed by atoms with E-state index in [1.165, 1.54) is 10.6 Å². The molecule has 8 nitrogen and oxygen atoms in total. The molecule has 0 radical (unpaired) electrons. The summed E-state index contributed by atoms with van der Waals surface area (Å²) in [5.41, 5.74) is 0.659. The predicted octanol–water partition coefficient (Wildman–Crippen LogP) is -0.445. The monoisotopic (exact) mass is 331 g/mol. The van der Waals surface area contributed by atoms with Crippen LogP contribution in [0.4, 0.5) is 5.69 Å². The molecular formula is C16H21N5O3. The SMILES string of the molecule is O=C(CNc1cnc2ccccn2c1=O)NCCN1CCOCC1. The molecule has 2 aromatic rings. The highest BCUT2D eigenvalue weighted by atomic mass is 16.5. The molecule has 0 spiro atoms.